The fourth-order valence-electron chi connectivity index (χ4n) is 2.93. The number of pyridine rings is 1. The van der Waals surface area contributed by atoms with Gasteiger partial charge in [-0.15, -0.1) is 0 Å². The molecule has 2 rings (SSSR count). The summed E-state index contributed by atoms with van der Waals surface area (Å²) >= 11 is 0. The smallest absolute Gasteiger partial charge is 0.239 e. The molecule has 3 atom stereocenters. The van der Waals surface area contributed by atoms with E-state index >= 15 is 0 Å². The van der Waals surface area contributed by atoms with Crippen LogP contribution in [0.25, 0.3) is 0 Å². The highest BCUT2D eigenvalue weighted by molar-refractivity contribution is 5.55. The van der Waals surface area contributed by atoms with Crippen LogP contribution >= 0.6 is 0 Å². The Morgan fingerprint density at radius 2 is 2.10 bits per heavy atom. The second kappa shape index (κ2) is 6.33. The van der Waals surface area contributed by atoms with Crippen molar-refractivity contribution in [1.29, 1.82) is 0 Å². The first-order valence-electron chi connectivity index (χ1n) is 7.68. The first kappa shape index (κ1) is 14.9. The average Bonchev–Trinajstić information content (AvgIpc) is 2.42. The van der Waals surface area contributed by atoms with Gasteiger partial charge in [-0.25, -0.2) is 0 Å². The van der Waals surface area contributed by atoms with Gasteiger partial charge in [-0.2, -0.15) is 4.98 Å². The number of nitrogen functional groups attached to an aromatic ring is 1. The maximum atomic E-state index is 5.94. The van der Waals surface area contributed by atoms with Gasteiger partial charge >= 0.3 is 0 Å². The minimum absolute atomic E-state index is 0.501. The molecule has 0 aliphatic carbocycles. The summed E-state index contributed by atoms with van der Waals surface area (Å²) in [5.74, 6) is 2.93. The molecule has 0 bridgehead atoms. The van der Waals surface area contributed by atoms with Crippen molar-refractivity contribution >= 4 is 11.5 Å². The molecule has 3 unspecified atom stereocenters. The number of nitrogens with two attached hydrogens (primary N) is 1. The Kier molecular flexibility index (Phi) is 4.73. The van der Waals surface area contributed by atoms with Gasteiger partial charge in [0.1, 0.15) is 5.82 Å². The number of hydrogen-bond donors (Lipinski definition) is 1. The van der Waals surface area contributed by atoms with Crippen LogP contribution in [-0.4, -0.2) is 24.2 Å². The molecular formula is C16H27N3O. The minimum atomic E-state index is 0.501. The molecule has 0 aromatic carbocycles. The molecule has 4 nitrogen and oxygen atoms in total. The summed E-state index contributed by atoms with van der Waals surface area (Å²) in [6, 6.07) is 4.42. The van der Waals surface area contributed by atoms with E-state index in [9.17, 15) is 0 Å². The van der Waals surface area contributed by atoms with E-state index in [0.717, 1.165) is 18.8 Å². The van der Waals surface area contributed by atoms with Gasteiger partial charge in [-0.05, 0) is 43.7 Å². The van der Waals surface area contributed by atoms with Crippen molar-refractivity contribution in [3.05, 3.63) is 12.1 Å². The standard InChI is InChI=1S/C16H27N3O/c1-5-8-20-16-14(17)6-7-15(18-16)19-10-11(2)9-12(3)13(19)4/h6-7,11-13H,5,8-10,17H2,1-4H3. The molecule has 4 heteroatoms. The lowest BCUT2D eigenvalue weighted by Gasteiger charge is -2.42. The number of hydrogen-bond acceptors (Lipinski definition) is 4. The van der Waals surface area contributed by atoms with Crippen molar-refractivity contribution in [2.24, 2.45) is 11.8 Å². The lowest BCUT2D eigenvalue weighted by atomic mass is 9.86. The Morgan fingerprint density at radius 3 is 2.80 bits per heavy atom. The number of piperidine rings is 1. The molecule has 0 radical (unpaired) electrons. The van der Waals surface area contributed by atoms with Gasteiger partial charge in [0.15, 0.2) is 0 Å². The highest BCUT2D eigenvalue weighted by Gasteiger charge is 2.29. The number of rotatable bonds is 4. The van der Waals surface area contributed by atoms with Crippen LogP contribution in [0.3, 0.4) is 0 Å². The van der Waals surface area contributed by atoms with E-state index in [4.69, 9.17) is 10.5 Å². The van der Waals surface area contributed by atoms with E-state index in [0.29, 0.717) is 36.1 Å². The van der Waals surface area contributed by atoms with Crippen molar-refractivity contribution < 1.29 is 4.74 Å². The summed E-state index contributed by atoms with van der Waals surface area (Å²) in [4.78, 5) is 7.02. The topological polar surface area (TPSA) is 51.4 Å². The molecule has 112 valence electrons. The molecule has 1 aliphatic rings. The van der Waals surface area contributed by atoms with E-state index < -0.39 is 0 Å². The zero-order valence-electron chi connectivity index (χ0n) is 13.1. The zero-order chi connectivity index (χ0) is 14.7. The van der Waals surface area contributed by atoms with Crippen molar-refractivity contribution in [3.8, 4) is 5.88 Å². The molecule has 1 fully saturated rings. The maximum absolute atomic E-state index is 5.94. The fraction of sp³-hybridized carbons (Fsp3) is 0.688. The van der Waals surface area contributed by atoms with Gasteiger partial charge in [0.05, 0.1) is 12.3 Å². The predicted molar refractivity (Wildman–Crippen MR) is 84.2 cm³/mol. The van der Waals surface area contributed by atoms with Crippen LogP contribution in [0.15, 0.2) is 12.1 Å². The third-order valence-corrected chi connectivity index (χ3v) is 4.21. The van der Waals surface area contributed by atoms with Gasteiger partial charge in [0, 0.05) is 12.6 Å². The summed E-state index contributed by atoms with van der Waals surface area (Å²) in [7, 11) is 0. The summed E-state index contributed by atoms with van der Waals surface area (Å²) in [6.45, 7) is 10.7. The first-order valence-corrected chi connectivity index (χ1v) is 7.68. The molecule has 1 aliphatic heterocycles. The summed E-state index contributed by atoms with van der Waals surface area (Å²) in [6.07, 6.45) is 2.24. The van der Waals surface area contributed by atoms with Crippen molar-refractivity contribution in [3.63, 3.8) is 0 Å². The summed E-state index contributed by atoms with van der Waals surface area (Å²) in [5, 5.41) is 0. The average molecular weight is 277 g/mol. The quantitative estimate of drug-likeness (QED) is 0.917. The maximum Gasteiger partial charge on any atom is 0.239 e. The van der Waals surface area contributed by atoms with Crippen LogP contribution in [0.2, 0.25) is 0 Å². The molecular weight excluding hydrogens is 250 g/mol. The Balaban J connectivity index is 2.22. The monoisotopic (exact) mass is 277 g/mol. The van der Waals surface area contributed by atoms with Gasteiger partial charge < -0.3 is 15.4 Å². The highest BCUT2D eigenvalue weighted by atomic mass is 16.5. The van der Waals surface area contributed by atoms with Crippen LogP contribution < -0.4 is 15.4 Å². The second-order valence-corrected chi connectivity index (χ2v) is 6.12. The lowest BCUT2D eigenvalue weighted by Crippen LogP contribution is -2.46. The largest absolute Gasteiger partial charge is 0.476 e. The van der Waals surface area contributed by atoms with E-state index in [1.165, 1.54) is 6.42 Å². The molecule has 2 N–H and O–H groups in total. The molecule has 0 saturated carbocycles. The number of ether oxygens (including phenoxy) is 1. The summed E-state index contributed by atoms with van der Waals surface area (Å²) < 4.78 is 5.64. The Bertz CT molecular complexity index is 449. The van der Waals surface area contributed by atoms with Gasteiger partial charge in [-0.1, -0.05) is 20.8 Å². The number of anilines is 2. The van der Waals surface area contributed by atoms with Gasteiger partial charge in [0.2, 0.25) is 5.88 Å². The summed E-state index contributed by atoms with van der Waals surface area (Å²) in [5.41, 5.74) is 6.56. The minimum Gasteiger partial charge on any atom is -0.476 e. The number of nitrogens with zero attached hydrogens (tertiary/aromatic N) is 2. The van der Waals surface area contributed by atoms with Crippen LogP contribution in [0.5, 0.6) is 5.88 Å². The third-order valence-electron chi connectivity index (χ3n) is 4.21. The van der Waals surface area contributed by atoms with Gasteiger partial charge in [-0.3, -0.25) is 0 Å². The Labute approximate surface area is 122 Å². The van der Waals surface area contributed by atoms with E-state index in [-0.39, 0.29) is 0 Å². The van der Waals surface area contributed by atoms with Crippen molar-refractivity contribution in [1.82, 2.24) is 4.98 Å². The van der Waals surface area contributed by atoms with Crippen LogP contribution in [0.1, 0.15) is 40.5 Å². The fourth-order valence-corrected chi connectivity index (χ4v) is 2.93. The van der Waals surface area contributed by atoms with Crippen LogP contribution in [0, 0.1) is 11.8 Å². The Hall–Kier alpha value is -1.45. The number of aromatic nitrogens is 1. The Morgan fingerprint density at radius 1 is 1.35 bits per heavy atom. The third kappa shape index (κ3) is 3.17. The molecule has 1 aromatic heterocycles. The SMILES string of the molecule is CCCOc1nc(N2CC(C)CC(C)C2C)ccc1N. The van der Waals surface area contributed by atoms with Crippen molar-refractivity contribution in [2.75, 3.05) is 23.8 Å². The molecule has 2 heterocycles. The van der Waals surface area contributed by atoms with Crippen molar-refractivity contribution in [2.45, 2.75) is 46.6 Å². The normalized spacial score (nSPS) is 26.6. The van der Waals surface area contributed by atoms with E-state index in [1.54, 1.807) is 0 Å². The molecule has 20 heavy (non-hydrogen) atoms. The highest BCUT2D eigenvalue weighted by Crippen LogP contribution is 2.32. The first-order chi connectivity index (χ1) is 9.52. The molecule has 1 saturated heterocycles. The van der Waals surface area contributed by atoms with Gasteiger partial charge in [0.25, 0.3) is 0 Å². The molecule has 0 amide bonds. The second-order valence-electron chi connectivity index (χ2n) is 6.12. The van der Waals surface area contributed by atoms with E-state index in [1.807, 2.05) is 12.1 Å². The van der Waals surface area contributed by atoms with Crippen LogP contribution in [0.4, 0.5) is 11.5 Å². The lowest BCUT2D eigenvalue weighted by molar-refractivity contribution is 0.290. The molecule has 1 aromatic rings. The zero-order valence-corrected chi connectivity index (χ0v) is 13.1. The predicted octanol–water partition coefficient (Wildman–Crippen LogP) is 3.32. The molecule has 0 spiro atoms. The van der Waals surface area contributed by atoms with Crippen LogP contribution in [-0.2, 0) is 0 Å². The van der Waals surface area contributed by atoms with E-state index in [2.05, 4.69) is 37.6 Å².